The van der Waals surface area contributed by atoms with E-state index in [1.54, 1.807) is 6.92 Å². The van der Waals surface area contributed by atoms with Crippen LogP contribution in [0.1, 0.15) is 20.3 Å². The number of carbonyl (C=O) groups excluding carboxylic acids is 3. The third-order valence-electron chi connectivity index (χ3n) is 3.21. The van der Waals surface area contributed by atoms with Crippen LogP contribution in [0.25, 0.3) is 0 Å². The largest absolute Gasteiger partial charge is 0.463 e. The van der Waals surface area contributed by atoms with Crippen LogP contribution in [0, 0.1) is 0 Å². The van der Waals surface area contributed by atoms with Gasteiger partial charge < -0.3 is 21.1 Å². The Morgan fingerprint density at radius 3 is 2.58 bits per heavy atom. The van der Waals surface area contributed by atoms with Gasteiger partial charge in [0.25, 0.3) is 0 Å². The highest BCUT2D eigenvalue weighted by molar-refractivity contribution is 8.03. The molecule has 2 rings (SSSR count). The van der Waals surface area contributed by atoms with Crippen molar-refractivity contribution < 1.29 is 19.1 Å². The molecule has 1 aliphatic heterocycles. The molecule has 1 aliphatic rings. The Labute approximate surface area is 162 Å². The Balaban J connectivity index is 2.11. The number of esters is 1. The summed E-state index contributed by atoms with van der Waals surface area (Å²) in [4.78, 5) is 35.0. The van der Waals surface area contributed by atoms with Crippen LogP contribution in [0.4, 0.5) is 4.79 Å². The summed E-state index contributed by atoms with van der Waals surface area (Å²) in [6.45, 7) is 3.87. The summed E-state index contributed by atoms with van der Waals surface area (Å²) >= 11 is 3.88. The first kappa shape index (κ1) is 20.5. The molecule has 0 radical (unpaired) electrons. The van der Waals surface area contributed by atoms with Gasteiger partial charge in [-0.25, -0.2) is 9.59 Å². The van der Waals surface area contributed by atoms with Crippen molar-refractivity contribution >= 4 is 52.8 Å². The highest BCUT2D eigenvalue weighted by Gasteiger charge is 2.31. The normalized spacial score (nSPS) is 16.8. The van der Waals surface area contributed by atoms with Gasteiger partial charge in [0.05, 0.1) is 24.0 Å². The first-order valence-corrected chi connectivity index (χ1v) is 10.6. The summed E-state index contributed by atoms with van der Waals surface area (Å²) in [6.07, 6.45) is 0.572. The van der Waals surface area contributed by atoms with Crippen molar-refractivity contribution in [1.29, 1.82) is 0 Å². The number of nitrogens with two attached hydrogens (primary N) is 1. The van der Waals surface area contributed by atoms with Gasteiger partial charge in [-0.05, 0) is 13.3 Å². The van der Waals surface area contributed by atoms with Crippen molar-refractivity contribution in [2.75, 3.05) is 18.1 Å². The lowest BCUT2D eigenvalue weighted by atomic mass is 10.0. The van der Waals surface area contributed by atoms with Crippen LogP contribution in [0.2, 0.25) is 0 Å². The fraction of sp³-hybridized carbons (Fsp3) is 0.500. The number of thioether (sulfide) groups is 2. The van der Waals surface area contributed by atoms with Crippen molar-refractivity contribution in [3.05, 3.63) is 11.3 Å². The molecule has 1 unspecified atom stereocenters. The second-order valence-electron chi connectivity index (χ2n) is 5.05. The molecule has 0 spiro atoms. The number of nitrogens with one attached hydrogen (secondary N) is 2. The van der Waals surface area contributed by atoms with Gasteiger partial charge in [-0.2, -0.15) is 0 Å². The third-order valence-corrected chi connectivity index (χ3v) is 6.45. The topological polar surface area (TPSA) is 136 Å². The standard InChI is InChI=1S/C14H19N5O4S3/c1-3-7-10(11(21)23-4-2)8(17-12(22)16-7)5-24-13-18-19-14(26-13)25-6-9(15)20/h7H,3-6H2,1-2H3,(H2,15,20)(H2,16,17,22). The number of hydrogen-bond donors (Lipinski definition) is 3. The SMILES string of the molecule is CCOC(=O)C1=C(CSc2nnc(SCC(N)=O)s2)NC(=O)NC1CC. The molecule has 0 saturated carbocycles. The molecule has 1 atom stereocenters. The Bertz CT molecular complexity index is 721. The summed E-state index contributed by atoms with van der Waals surface area (Å²) < 4.78 is 6.41. The second kappa shape index (κ2) is 9.78. The number of hydrogen-bond acceptors (Lipinski definition) is 9. The van der Waals surface area contributed by atoms with Crippen LogP contribution >= 0.6 is 34.9 Å². The number of nitrogens with zero attached hydrogens (tertiary/aromatic N) is 2. The molecule has 1 aromatic rings. The first-order valence-electron chi connectivity index (χ1n) is 7.79. The lowest BCUT2D eigenvalue weighted by Crippen LogP contribution is -2.50. The predicted molar refractivity (Wildman–Crippen MR) is 100.0 cm³/mol. The molecule has 0 aromatic carbocycles. The molecule has 142 valence electrons. The fourth-order valence-electron chi connectivity index (χ4n) is 2.16. The molecular weight excluding hydrogens is 398 g/mol. The molecule has 26 heavy (non-hydrogen) atoms. The quantitative estimate of drug-likeness (QED) is 0.402. The highest BCUT2D eigenvalue weighted by Crippen LogP contribution is 2.30. The molecule has 0 bridgehead atoms. The van der Waals surface area contributed by atoms with Crippen molar-refractivity contribution in [2.45, 2.75) is 35.0 Å². The Morgan fingerprint density at radius 1 is 1.27 bits per heavy atom. The molecule has 12 heteroatoms. The van der Waals surface area contributed by atoms with E-state index >= 15 is 0 Å². The fourth-order valence-corrected chi connectivity index (χ4v) is 4.88. The number of urea groups is 1. The average Bonchev–Trinajstić information content (AvgIpc) is 3.05. The van der Waals surface area contributed by atoms with E-state index in [4.69, 9.17) is 10.5 Å². The van der Waals surface area contributed by atoms with Crippen LogP contribution in [-0.4, -0.2) is 52.3 Å². The van der Waals surface area contributed by atoms with Crippen LogP contribution in [-0.2, 0) is 14.3 Å². The predicted octanol–water partition coefficient (Wildman–Crippen LogP) is 1.12. The van der Waals surface area contributed by atoms with Crippen molar-refractivity contribution in [1.82, 2.24) is 20.8 Å². The van der Waals surface area contributed by atoms with E-state index in [0.717, 1.165) is 0 Å². The summed E-state index contributed by atoms with van der Waals surface area (Å²) in [5.74, 6) is -0.394. The Hall–Kier alpha value is -1.79. The zero-order chi connectivity index (χ0) is 19.1. The van der Waals surface area contributed by atoms with Gasteiger partial charge in [-0.3, -0.25) is 4.79 Å². The molecule has 4 N–H and O–H groups in total. The van der Waals surface area contributed by atoms with Crippen molar-refractivity contribution in [3.63, 3.8) is 0 Å². The molecular formula is C14H19N5O4S3. The van der Waals surface area contributed by atoms with Crippen LogP contribution in [0.3, 0.4) is 0 Å². The van der Waals surface area contributed by atoms with E-state index in [9.17, 15) is 14.4 Å². The van der Waals surface area contributed by atoms with E-state index in [2.05, 4.69) is 20.8 Å². The minimum absolute atomic E-state index is 0.136. The molecule has 2 heterocycles. The van der Waals surface area contributed by atoms with Gasteiger partial charge in [0.1, 0.15) is 0 Å². The zero-order valence-corrected chi connectivity index (χ0v) is 16.7. The maximum Gasteiger partial charge on any atom is 0.337 e. The van der Waals surface area contributed by atoms with Gasteiger partial charge in [-0.1, -0.05) is 41.8 Å². The van der Waals surface area contributed by atoms with E-state index in [-0.39, 0.29) is 18.4 Å². The van der Waals surface area contributed by atoms with E-state index in [0.29, 0.717) is 32.1 Å². The first-order chi connectivity index (χ1) is 12.4. The van der Waals surface area contributed by atoms with Crippen LogP contribution in [0.5, 0.6) is 0 Å². The lowest BCUT2D eigenvalue weighted by Gasteiger charge is -2.28. The van der Waals surface area contributed by atoms with Crippen LogP contribution in [0.15, 0.2) is 19.9 Å². The zero-order valence-electron chi connectivity index (χ0n) is 14.2. The second-order valence-corrected chi connectivity index (χ2v) is 8.47. The maximum atomic E-state index is 12.3. The number of primary amides is 1. The van der Waals surface area contributed by atoms with Crippen molar-refractivity contribution in [3.8, 4) is 0 Å². The smallest absolute Gasteiger partial charge is 0.337 e. The van der Waals surface area contributed by atoms with Gasteiger partial charge in [0, 0.05) is 11.4 Å². The minimum atomic E-state index is -0.447. The van der Waals surface area contributed by atoms with Gasteiger partial charge >= 0.3 is 12.0 Å². The Morgan fingerprint density at radius 2 is 1.96 bits per heavy atom. The number of amides is 3. The Kier molecular flexibility index (Phi) is 7.72. The summed E-state index contributed by atoms with van der Waals surface area (Å²) in [5, 5.41) is 13.4. The highest BCUT2D eigenvalue weighted by atomic mass is 32.2. The monoisotopic (exact) mass is 417 g/mol. The molecule has 1 aromatic heterocycles. The van der Waals surface area contributed by atoms with Crippen molar-refractivity contribution in [2.24, 2.45) is 5.73 Å². The molecule has 3 amide bonds. The maximum absolute atomic E-state index is 12.3. The van der Waals surface area contributed by atoms with E-state index in [1.807, 2.05) is 6.92 Å². The van der Waals surface area contributed by atoms with Crippen LogP contribution < -0.4 is 16.4 Å². The summed E-state index contributed by atoms with van der Waals surface area (Å²) in [6, 6.07) is -0.745. The molecule has 0 saturated heterocycles. The number of carbonyl (C=O) groups is 3. The van der Waals surface area contributed by atoms with Gasteiger partial charge in [-0.15, -0.1) is 10.2 Å². The summed E-state index contributed by atoms with van der Waals surface area (Å²) in [7, 11) is 0. The van der Waals surface area contributed by atoms with E-state index < -0.39 is 17.9 Å². The third kappa shape index (κ3) is 5.61. The summed E-state index contributed by atoms with van der Waals surface area (Å²) in [5.41, 5.74) is 6.04. The molecule has 0 fully saturated rings. The van der Waals surface area contributed by atoms with Gasteiger partial charge in [0.2, 0.25) is 5.91 Å². The number of aromatic nitrogens is 2. The number of rotatable bonds is 9. The lowest BCUT2D eigenvalue weighted by molar-refractivity contribution is -0.139. The minimum Gasteiger partial charge on any atom is -0.463 e. The number of ether oxygens (including phenoxy) is 1. The molecule has 9 nitrogen and oxygen atoms in total. The van der Waals surface area contributed by atoms with E-state index in [1.165, 1.54) is 34.9 Å². The average molecular weight is 418 g/mol. The van der Waals surface area contributed by atoms with Gasteiger partial charge in [0.15, 0.2) is 8.68 Å². The molecule has 0 aliphatic carbocycles.